The number of furan rings is 1. The minimum absolute atomic E-state index is 0.0384. The van der Waals surface area contributed by atoms with Crippen LogP contribution < -0.4 is 0 Å². The topological polar surface area (TPSA) is 62.9 Å². The Morgan fingerprint density at radius 3 is 2.96 bits per heavy atom. The maximum absolute atomic E-state index is 13.1. The molecule has 0 saturated carbocycles. The lowest BCUT2D eigenvalue weighted by molar-refractivity contribution is -0.0557. The third-order valence-corrected chi connectivity index (χ3v) is 6.03. The van der Waals surface area contributed by atoms with E-state index in [-0.39, 0.29) is 23.8 Å². The summed E-state index contributed by atoms with van der Waals surface area (Å²) in [5, 5.41) is 10.5. The van der Waals surface area contributed by atoms with Gasteiger partial charge < -0.3 is 19.2 Å². The highest BCUT2D eigenvalue weighted by Crippen LogP contribution is 2.42. The van der Waals surface area contributed by atoms with E-state index in [2.05, 4.69) is 0 Å². The van der Waals surface area contributed by atoms with Crippen LogP contribution in [0.25, 0.3) is 11.3 Å². The van der Waals surface area contributed by atoms with Gasteiger partial charge in [-0.1, -0.05) is 23.7 Å². The highest BCUT2D eigenvalue weighted by molar-refractivity contribution is 6.33. The molecule has 3 heterocycles. The van der Waals surface area contributed by atoms with Gasteiger partial charge in [0.1, 0.15) is 11.5 Å². The Hall–Kier alpha value is -1.82. The second-order valence-corrected chi connectivity index (χ2v) is 7.71. The van der Waals surface area contributed by atoms with Gasteiger partial charge in [-0.3, -0.25) is 4.79 Å². The summed E-state index contributed by atoms with van der Waals surface area (Å²) in [4.78, 5) is 14.9. The molecular weight excluding hydrogens is 354 g/mol. The zero-order chi connectivity index (χ0) is 18.3. The second kappa shape index (κ2) is 6.72. The summed E-state index contributed by atoms with van der Waals surface area (Å²) in [5.41, 5.74) is 0.983. The first-order chi connectivity index (χ1) is 12.5. The lowest BCUT2D eigenvalue weighted by atomic mass is 9.76. The Kier molecular flexibility index (Phi) is 4.55. The van der Waals surface area contributed by atoms with Gasteiger partial charge in [0.15, 0.2) is 0 Å². The second-order valence-electron chi connectivity index (χ2n) is 7.30. The SMILES string of the molecule is Cc1oc(-c2ccccc2Cl)cc1C(=O)N1C[C@@H]2CCOC[C@]2(CO)C1. The van der Waals surface area contributed by atoms with Gasteiger partial charge in [0.25, 0.3) is 5.91 Å². The third-order valence-electron chi connectivity index (χ3n) is 5.70. The van der Waals surface area contributed by atoms with Crippen molar-refractivity contribution in [1.29, 1.82) is 0 Å². The van der Waals surface area contributed by atoms with Crippen LogP contribution in [0.15, 0.2) is 34.7 Å². The van der Waals surface area contributed by atoms with Crippen LogP contribution in [0.3, 0.4) is 0 Å². The molecule has 2 aliphatic heterocycles. The van der Waals surface area contributed by atoms with Crippen molar-refractivity contribution in [3.63, 3.8) is 0 Å². The van der Waals surface area contributed by atoms with E-state index in [0.29, 0.717) is 48.4 Å². The molecule has 0 spiro atoms. The molecule has 138 valence electrons. The standard InChI is InChI=1S/C20H22ClNO4/c1-13-16(8-18(26-13)15-4-2-3-5-17(15)21)19(24)22-9-14-6-7-25-12-20(14,10-22)11-23/h2-5,8,14,23H,6-7,9-12H2,1H3/t14-,20+/m0/s1. The van der Waals surface area contributed by atoms with Gasteiger partial charge in [-0.25, -0.2) is 0 Å². The molecule has 2 saturated heterocycles. The normalized spacial score (nSPS) is 25.3. The first-order valence-electron chi connectivity index (χ1n) is 8.87. The Labute approximate surface area is 157 Å². The summed E-state index contributed by atoms with van der Waals surface area (Å²) in [7, 11) is 0. The molecule has 0 aliphatic carbocycles. The number of aliphatic hydroxyl groups excluding tert-OH is 1. The van der Waals surface area contributed by atoms with E-state index in [1.54, 1.807) is 19.1 Å². The maximum Gasteiger partial charge on any atom is 0.257 e. The molecule has 2 atom stereocenters. The lowest BCUT2D eigenvalue weighted by Gasteiger charge is -2.36. The molecule has 0 unspecified atom stereocenters. The van der Waals surface area contributed by atoms with Crippen molar-refractivity contribution >= 4 is 17.5 Å². The fraction of sp³-hybridized carbons (Fsp3) is 0.450. The predicted molar refractivity (Wildman–Crippen MR) is 98.2 cm³/mol. The molecule has 6 heteroatoms. The van der Waals surface area contributed by atoms with E-state index in [9.17, 15) is 9.90 Å². The van der Waals surface area contributed by atoms with Crippen molar-refractivity contribution in [2.75, 3.05) is 32.9 Å². The summed E-state index contributed by atoms with van der Waals surface area (Å²) in [6.07, 6.45) is 0.875. The van der Waals surface area contributed by atoms with Crippen molar-refractivity contribution < 1.29 is 19.1 Å². The number of likely N-dealkylation sites (tertiary alicyclic amines) is 1. The number of carbonyl (C=O) groups is 1. The maximum atomic E-state index is 13.1. The van der Waals surface area contributed by atoms with Crippen LogP contribution in [-0.4, -0.2) is 48.8 Å². The number of carbonyl (C=O) groups excluding carboxylic acids is 1. The first-order valence-corrected chi connectivity index (χ1v) is 9.25. The average molecular weight is 376 g/mol. The van der Waals surface area contributed by atoms with Gasteiger partial charge in [0, 0.05) is 30.7 Å². The number of ether oxygens (including phenoxy) is 1. The van der Waals surface area contributed by atoms with E-state index in [1.165, 1.54) is 0 Å². The van der Waals surface area contributed by atoms with Gasteiger partial charge in [0.05, 0.1) is 23.8 Å². The molecular formula is C20H22ClNO4. The van der Waals surface area contributed by atoms with Crippen molar-refractivity contribution in [2.24, 2.45) is 11.3 Å². The molecule has 1 amide bonds. The van der Waals surface area contributed by atoms with Crippen molar-refractivity contribution in [3.05, 3.63) is 46.7 Å². The van der Waals surface area contributed by atoms with Crippen molar-refractivity contribution in [2.45, 2.75) is 13.3 Å². The first kappa shape index (κ1) is 17.6. The molecule has 1 aromatic heterocycles. The number of benzene rings is 1. The van der Waals surface area contributed by atoms with E-state index in [4.69, 9.17) is 20.8 Å². The van der Waals surface area contributed by atoms with E-state index in [1.807, 2.05) is 23.1 Å². The zero-order valence-electron chi connectivity index (χ0n) is 14.7. The van der Waals surface area contributed by atoms with Crippen LogP contribution in [0.1, 0.15) is 22.5 Å². The number of aryl methyl sites for hydroxylation is 1. The van der Waals surface area contributed by atoms with Crippen LogP contribution in [-0.2, 0) is 4.74 Å². The molecule has 0 radical (unpaired) electrons. The lowest BCUT2D eigenvalue weighted by Crippen LogP contribution is -2.43. The fourth-order valence-electron chi connectivity index (χ4n) is 4.13. The largest absolute Gasteiger partial charge is 0.460 e. The molecule has 26 heavy (non-hydrogen) atoms. The number of hydrogen-bond acceptors (Lipinski definition) is 4. The van der Waals surface area contributed by atoms with Gasteiger partial charge in [-0.15, -0.1) is 0 Å². The molecule has 4 rings (SSSR count). The Morgan fingerprint density at radius 1 is 1.42 bits per heavy atom. The molecule has 1 N–H and O–H groups in total. The van der Waals surface area contributed by atoms with Crippen molar-refractivity contribution in [1.82, 2.24) is 4.90 Å². The molecule has 2 aliphatic rings. The van der Waals surface area contributed by atoms with E-state index < -0.39 is 0 Å². The summed E-state index contributed by atoms with van der Waals surface area (Å²) in [5.74, 6) is 1.38. The van der Waals surface area contributed by atoms with Crippen LogP contribution >= 0.6 is 11.6 Å². The monoisotopic (exact) mass is 375 g/mol. The summed E-state index contributed by atoms with van der Waals surface area (Å²) in [6.45, 7) is 4.19. The average Bonchev–Trinajstić information content (AvgIpc) is 3.23. The van der Waals surface area contributed by atoms with Gasteiger partial charge >= 0.3 is 0 Å². The number of nitrogens with zero attached hydrogens (tertiary/aromatic N) is 1. The predicted octanol–water partition coefficient (Wildman–Crippen LogP) is 3.38. The van der Waals surface area contributed by atoms with E-state index >= 15 is 0 Å². The number of amides is 1. The fourth-order valence-corrected chi connectivity index (χ4v) is 4.36. The molecule has 2 aromatic rings. The van der Waals surface area contributed by atoms with Crippen LogP contribution in [0.4, 0.5) is 0 Å². The van der Waals surface area contributed by atoms with E-state index in [0.717, 1.165) is 12.0 Å². The quantitative estimate of drug-likeness (QED) is 0.893. The number of aliphatic hydroxyl groups is 1. The number of halogens is 1. The number of hydrogen-bond donors (Lipinski definition) is 1. The third kappa shape index (κ3) is 2.84. The summed E-state index contributed by atoms with van der Waals surface area (Å²) in [6, 6.07) is 9.18. The minimum Gasteiger partial charge on any atom is -0.460 e. The van der Waals surface area contributed by atoms with Gasteiger partial charge in [-0.05, 0) is 37.5 Å². The Morgan fingerprint density at radius 2 is 2.23 bits per heavy atom. The van der Waals surface area contributed by atoms with Gasteiger partial charge in [0.2, 0.25) is 0 Å². The molecule has 1 aromatic carbocycles. The van der Waals surface area contributed by atoms with Crippen LogP contribution in [0.5, 0.6) is 0 Å². The molecule has 5 nitrogen and oxygen atoms in total. The molecule has 0 bridgehead atoms. The Balaban J connectivity index is 1.61. The smallest absolute Gasteiger partial charge is 0.257 e. The Bertz CT molecular complexity index is 833. The van der Waals surface area contributed by atoms with Gasteiger partial charge in [-0.2, -0.15) is 0 Å². The minimum atomic E-state index is -0.336. The summed E-state index contributed by atoms with van der Waals surface area (Å²) < 4.78 is 11.4. The molecule has 2 fully saturated rings. The zero-order valence-corrected chi connectivity index (χ0v) is 15.5. The summed E-state index contributed by atoms with van der Waals surface area (Å²) >= 11 is 6.25. The highest BCUT2D eigenvalue weighted by atomic mass is 35.5. The van der Waals surface area contributed by atoms with Crippen molar-refractivity contribution in [3.8, 4) is 11.3 Å². The van der Waals surface area contributed by atoms with Crippen LogP contribution in [0, 0.1) is 18.3 Å². The van der Waals surface area contributed by atoms with Crippen LogP contribution in [0.2, 0.25) is 5.02 Å². The number of fused-ring (bicyclic) bond motifs is 1. The highest BCUT2D eigenvalue weighted by Gasteiger charge is 2.49. The number of rotatable bonds is 3.